The average molecular weight is 297 g/mol. The molecule has 1 saturated carbocycles. The Hall–Kier alpha value is -0.600. The molecule has 20 heavy (non-hydrogen) atoms. The molecule has 1 aromatic carbocycles. The monoisotopic (exact) mass is 296 g/mol. The molecule has 1 saturated heterocycles. The Labute approximate surface area is 125 Å². The van der Waals surface area contributed by atoms with Crippen LogP contribution in [0.1, 0.15) is 56.4 Å². The van der Waals surface area contributed by atoms with Crippen LogP contribution in [0.2, 0.25) is 0 Å². The Morgan fingerprint density at radius 1 is 1.20 bits per heavy atom. The van der Waals surface area contributed by atoms with Crippen molar-refractivity contribution in [3.63, 3.8) is 0 Å². The number of ether oxygens (including phenoxy) is 1. The van der Waals surface area contributed by atoms with Crippen molar-refractivity contribution in [1.29, 1.82) is 0 Å². The summed E-state index contributed by atoms with van der Waals surface area (Å²) >= 11 is 6.12. The summed E-state index contributed by atoms with van der Waals surface area (Å²) in [6.07, 6.45) is 8.70. The summed E-state index contributed by atoms with van der Waals surface area (Å²) < 4.78 is 19.4. The highest BCUT2D eigenvalue weighted by Crippen LogP contribution is 2.45. The minimum absolute atomic E-state index is 0.185. The second-order valence-electron chi connectivity index (χ2n) is 6.31. The van der Waals surface area contributed by atoms with Crippen LogP contribution >= 0.6 is 11.6 Å². The largest absolute Gasteiger partial charge is 0.372 e. The third-order valence-electron chi connectivity index (χ3n) is 4.93. The molecule has 0 amide bonds. The van der Waals surface area contributed by atoms with E-state index in [9.17, 15) is 4.39 Å². The molecule has 1 heterocycles. The van der Waals surface area contributed by atoms with E-state index in [1.165, 1.54) is 44.2 Å². The molecule has 3 rings (SSSR count). The van der Waals surface area contributed by atoms with Crippen LogP contribution in [0.3, 0.4) is 0 Å². The van der Waals surface area contributed by atoms with Crippen LogP contribution in [0.5, 0.6) is 0 Å². The van der Waals surface area contributed by atoms with E-state index in [0.717, 1.165) is 18.4 Å². The average Bonchev–Trinajstić information content (AvgIpc) is 3.08. The highest BCUT2D eigenvalue weighted by molar-refractivity contribution is 6.18. The molecule has 1 aliphatic carbocycles. The number of benzene rings is 1. The molecule has 2 fully saturated rings. The minimum Gasteiger partial charge on any atom is -0.372 e. The number of rotatable bonds is 4. The molecule has 2 unspecified atom stereocenters. The predicted octanol–water partition coefficient (Wildman–Crippen LogP) is 5.03. The van der Waals surface area contributed by atoms with Crippen molar-refractivity contribution < 1.29 is 9.13 Å². The standard InChI is InChI=1S/C17H22ClFO/c18-12-14(13-3-5-15(19)6-4-13)11-16-7-10-17(20-16)8-1-2-9-17/h3-6,14,16H,1-2,7-12H2. The van der Waals surface area contributed by atoms with E-state index in [-0.39, 0.29) is 17.3 Å². The van der Waals surface area contributed by atoms with Crippen molar-refractivity contribution in [3.05, 3.63) is 35.6 Å². The lowest BCUT2D eigenvalue weighted by Gasteiger charge is -2.25. The van der Waals surface area contributed by atoms with E-state index in [0.29, 0.717) is 12.0 Å². The first kappa shape index (κ1) is 14.3. The third-order valence-corrected chi connectivity index (χ3v) is 5.30. The lowest BCUT2D eigenvalue weighted by Crippen LogP contribution is -2.25. The summed E-state index contributed by atoms with van der Waals surface area (Å²) in [5, 5.41) is 0. The van der Waals surface area contributed by atoms with Crippen molar-refractivity contribution in [2.75, 3.05) is 5.88 Å². The van der Waals surface area contributed by atoms with Crippen molar-refractivity contribution in [1.82, 2.24) is 0 Å². The van der Waals surface area contributed by atoms with Crippen LogP contribution in [0.15, 0.2) is 24.3 Å². The van der Waals surface area contributed by atoms with Gasteiger partial charge < -0.3 is 4.74 Å². The van der Waals surface area contributed by atoms with E-state index in [2.05, 4.69) is 0 Å². The Balaban J connectivity index is 1.62. The number of alkyl halides is 1. The lowest BCUT2D eigenvalue weighted by atomic mass is 9.93. The maximum absolute atomic E-state index is 13.0. The Kier molecular flexibility index (Phi) is 4.32. The van der Waals surface area contributed by atoms with E-state index in [1.54, 1.807) is 0 Å². The fourth-order valence-corrected chi connectivity index (χ4v) is 4.09. The molecule has 1 nitrogen and oxygen atoms in total. The van der Waals surface area contributed by atoms with Gasteiger partial charge in [0.05, 0.1) is 11.7 Å². The second kappa shape index (κ2) is 6.03. The molecule has 2 atom stereocenters. The maximum Gasteiger partial charge on any atom is 0.123 e. The topological polar surface area (TPSA) is 9.23 Å². The van der Waals surface area contributed by atoms with Crippen LogP contribution in [0, 0.1) is 5.82 Å². The molecular formula is C17H22ClFO. The number of halogens is 2. The second-order valence-corrected chi connectivity index (χ2v) is 6.62. The molecule has 1 spiro atoms. The first-order valence-electron chi connectivity index (χ1n) is 7.70. The van der Waals surface area contributed by atoms with E-state index in [4.69, 9.17) is 16.3 Å². The molecule has 1 aromatic rings. The maximum atomic E-state index is 13.0. The molecule has 1 aliphatic heterocycles. The summed E-state index contributed by atoms with van der Waals surface area (Å²) in [5.74, 6) is 0.640. The van der Waals surface area contributed by atoms with Crippen molar-refractivity contribution in [3.8, 4) is 0 Å². The normalized spacial score (nSPS) is 26.2. The number of hydrogen-bond donors (Lipinski definition) is 0. The Morgan fingerprint density at radius 2 is 1.90 bits per heavy atom. The molecule has 0 aromatic heterocycles. The zero-order valence-electron chi connectivity index (χ0n) is 11.8. The van der Waals surface area contributed by atoms with Gasteiger partial charge in [0, 0.05) is 5.88 Å². The third kappa shape index (κ3) is 3.01. The fraction of sp³-hybridized carbons (Fsp3) is 0.647. The quantitative estimate of drug-likeness (QED) is 0.708. The van der Waals surface area contributed by atoms with Gasteiger partial charge in [-0.25, -0.2) is 4.39 Å². The summed E-state index contributed by atoms with van der Waals surface area (Å²) in [6.45, 7) is 0. The highest BCUT2D eigenvalue weighted by Gasteiger charge is 2.42. The van der Waals surface area contributed by atoms with Gasteiger partial charge >= 0.3 is 0 Å². The molecule has 0 radical (unpaired) electrons. The van der Waals surface area contributed by atoms with Gasteiger partial charge in [-0.3, -0.25) is 0 Å². The number of hydrogen-bond acceptors (Lipinski definition) is 1. The zero-order valence-corrected chi connectivity index (χ0v) is 12.5. The van der Waals surface area contributed by atoms with E-state index >= 15 is 0 Å². The fourth-order valence-electron chi connectivity index (χ4n) is 3.79. The molecule has 3 heteroatoms. The summed E-state index contributed by atoms with van der Waals surface area (Å²) in [6, 6.07) is 6.73. The van der Waals surface area contributed by atoms with Gasteiger partial charge in [-0.05, 0) is 55.7 Å². The predicted molar refractivity (Wildman–Crippen MR) is 79.8 cm³/mol. The van der Waals surface area contributed by atoms with Crippen molar-refractivity contribution >= 4 is 11.6 Å². The lowest BCUT2D eigenvalue weighted by molar-refractivity contribution is -0.0405. The molecule has 2 aliphatic rings. The van der Waals surface area contributed by atoms with Gasteiger partial charge in [-0.15, -0.1) is 11.6 Å². The van der Waals surface area contributed by atoms with Gasteiger partial charge in [0.1, 0.15) is 5.82 Å². The SMILES string of the molecule is Fc1ccc(C(CCl)CC2CCC3(CCCC3)O2)cc1. The molecule has 0 N–H and O–H groups in total. The van der Waals surface area contributed by atoms with Crippen molar-refractivity contribution in [2.45, 2.75) is 62.6 Å². The smallest absolute Gasteiger partial charge is 0.123 e. The van der Waals surface area contributed by atoms with Crippen LogP contribution in [-0.2, 0) is 4.74 Å². The van der Waals surface area contributed by atoms with Gasteiger partial charge in [0.15, 0.2) is 0 Å². The first-order valence-corrected chi connectivity index (χ1v) is 8.23. The van der Waals surface area contributed by atoms with Crippen molar-refractivity contribution in [2.24, 2.45) is 0 Å². The van der Waals surface area contributed by atoms with Crippen LogP contribution in [0.4, 0.5) is 4.39 Å². The zero-order chi connectivity index (χ0) is 14.0. The van der Waals surface area contributed by atoms with Crippen LogP contribution < -0.4 is 0 Å². The van der Waals surface area contributed by atoms with Gasteiger partial charge in [-0.1, -0.05) is 25.0 Å². The Bertz CT molecular complexity index is 439. The van der Waals surface area contributed by atoms with Gasteiger partial charge in [-0.2, -0.15) is 0 Å². The summed E-state index contributed by atoms with van der Waals surface area (Å²) in [7, 11) is 0. The van der Waals surface area contributed by atoms with Gasteiger partial charge in [0.25, 0.3) is 0 Å². The van der Waals surface area contributed by atoms with Crippen LogP contribution in [0.25, 0.3) is 0 Å². The highest BCUT2D eigenvalue weighted by atomic mass is 35.5. The molecule has 0 bridgehead atoms. The van der Waals surface area contributed by atoms with Crippen LogP contribution in [-0.4, -0.2) is 17.6 Å². The summed E-state index contributed by atoms with van der Waals surface area (Å²) in [4.78, 5) is 0. The minimum atomic E-state index is -0.191. The molecule has 110 valence electrons. The molecular weight excluding hydrogens is 275 g/mol. The van der Waals surface area contributed by atoms with Gasteiger partial charge in [0.2, 0.25) is 0 Å². The Morgan fingerprint density at radius 3 is 2.55 bits per heavy atom. The van der Waals surface area contributed by atoms with E-state index in [1.807, 2.05) is 12.1 Å². The van der Waals surface area contributed by atoms with E-state index < -0.39 is 0 Å². The first-order chi connectivity index (χ1) is 9.71. The summed E-state index contributed by atoms with van der Waals surface area (Å²) in [5.41, 5.74) is 1.31.